The van der Waals surface area contributed by atoms with E-state index in [2.05, 4.69) is 48.3 Å². The number of nitrogens with zero attached hydrogens (tertiary/aromatic N) is 1. The molecule has 4 aromatic rings. The van der Waals surface area contributed by atoms with Crippen LogP contribution in [0.4, 0.5) is 4.39 Å². The Labute approximate surface area is 153 Å². The molecule has 0 aliphatic rings. The number of hydrogen-bond acceptors (Lipinski definition) is 1. The summed E-state index contributed by atoms with van der Waals surface area (Å²) in [5.74, 6) is -0.214. The minimum absolute atomic E-state index is 0.214. The maximum Gasteiger partial charge on any atom is 0.131 e. The molecule has 0 unspecified atom stereocenters. The van der Waals surface area contributed by atoms with Gasteiger partial charge in [-0.1, -0.05) is 67.9 Å². The molecule has 0 radical (unpaired) electrons. The Bertz CT molecular complexity index is 1050. The van der Waals surface area contributed by atoms with Crippen molar-refractivity contribution in [3.63, 3.8) is 0 Å². The van der Waals surface area contributed by atoms with Crippen LogP contribution in [0.15, 0.2) is 79.0 Å². The fraction of sp³-hybridized carbons (Fsp3) is 0.125. The van der Waals surface area contributed by atoms with E-state index in [9.17, 15) is 4.39 Å². The molecular formula is C24H20FN. The topological polar surface area (TPSA) is 12.9 Å². The number of fused-ring (bicyclic) bond motifs is 1. The van der Waals surface area contributed by atoms with Crippen molar-refractivity contribution in [2.75, 3.05) is 0 Å². The summed E-state index contributed by atoms with van der Waals surface area (Å²) in [6.07, 6.45) is 3.93. The van der Waals surface area contributed by atoms with E-state index in [1.807, 2.05) is 18.2 Å². The average molecular weight is 341 g/mol. The molecule has 1 heterocycles. The van der Waals surface area contributed by atoms with E-state index < -0.39 is 0 Å². The Morgan fingerprint density at radius 1 is 0.769 bits per heavy atom. The Morgan fingerprint density at radius 2 is 1.54 bits per heavy atom. The van der Waals surface area contributed by atoms with Gasteiger partial charge in [0.05, 0.1) is 5.69 Å². The second-order valence-electron chi connectivity index (χ2n) is 6.52. The number of aryl methyl sites for hydroxylation is 1. The minimum Gasteiger partial charge on any atom is -0.256 e. The summed E-state index contributed by atoms with van der Waals surface area (Å²) in [5.41, 5.74) is 5.49. The third-order valence-corrected chi connectivity index (χ3v) is 4.71. The van der Waals surface area contributed by atoms with E-state index >= 15 is 0 Å². The van der Waals surface area contributed by atoms with Gasteiger partial charge in [0, 0.05) is 22.5 Å². The Kier molecular flexibility index (Phi) is 4.49. The smallest absolute Gasteiger partial charge is 0.131 e. The molecule has 3 aromatic carbocycles. The quantitative estimate of drug-likeness (QED) is 0.404. The number of halogens is 1. The first kappa shape index (κ1) is 16.5. The van der Waals surface area contributed by atoms with Crippen molar-refractivity contribution in [1.82, 2.24) is 4.98 Å². The van der Waals surface area contributed by atoms with E-state index in [1.54, 1.807) is 18.3 Å². The zero-order chi connectivity index (χ0) is 17.9. The van der Waals surface area contributed by atoms with Crippen LogP contribution >= 0.6 is 0 Å². The first-order chi connectivity index (χ1) is 12.8. The minimum atomic E-state index is -0.214. The molecule has 1 aromatic heterocycles. The highest BCUT2D eigenvalue weighted by Gasteiger charge is 2.09. The van der Waals surface area contributed by atoms with Crippen molar-refractivity contribution in [2.24, 2.45) is 0 Å². The van der Waals surface area contributed by atoms with E-state index in [4.69, 9.17) is 0 Å². The molecule has 0 N–H and O–H groups in total. The lowest BCUT2D eigenvalue weighted by molar-refractivity contribution is 0.640. The fourth-order valence-electron chi connectivity index (χ4n) is 3.40. The van der Waals surface area contributed by atoms with Gasteiger partial charge in [-0.3, -0.25) is 4.98 Å². The molecule has 1 nitrogen and oxygen atoms in total. The molecule has 128 valence electrons. The van der Waals surface area contributed by atoms with Crippen molar-refractivity contribution in [1.29, 1.82) is 0 Å². The van der Waals surface area contributed by atoms with Crippen LogP contribution < -0.4 is 0 Å². The van der Waals surface area contributed by atoms with Gasteiger partial charge in [-0.15, -0.1) is 0 Å². The number of benzene rings is 3. The van der Waals surface area contributed by atoms with Crippen LogP contribution in [0.5, 0.6) is 0 Å². The van der Waals surface area contributed by atoms with Crippen LogP contribution in [0, 0.1) is 5.82 Å². The SMILES string of the molecule is CCCc1ccc(-c2cccc(-c3nccc4c(F)cccc34)c2)cc1. The number of aromatic nitrogens is 1. The molecule has 0 spiro atoms. The molecule has 4 rings (SSSR count). The van der Waals surface area contributed by atoms with Gasteiger partial charge in [0.2, 0.25) is 0 Å². The summed E-state index contributed by atoms with van der Waals surface area (Å²) >= 11 is 0. The molecule has 0 saturated carbocycles. The molecular weight excluding hydrogens is 321 g/mol. The normalized spacial score (nSPS) is 11.0. The molecule has 0 atom stereocenters. The zero-order valence-corrected chi connectivity index (χ0v) is 14.7. The predicted octanol–water partition coefficient (Wildman–Crippen LogP) is 6.66. The van der Waals surface area contributed by atoms with Gasteiger partial charge in [0.1, 0.15) is 5.82 Å². The van der Waals surface area contributed by atoms with Gasteiger partial charge in [0.15, 0.2) is 0 Å². The zero-order valence-electron chi connectivity index (χ0n) is 14.7. The van der Waals surface area contributed by atoms with Crippen LogP contribution in [0.3, 0.4) is 0 Å². The van der Waals surface area contributed by atoms with Crippen molar-refractivity contribution in [3.05, 3.63) is 90.4 Å². The van der Waals surface area contributed by atoms with Crippen LogP contribution in [-0.4, -0.2) is 4.98 Å². The lowest BCUT2D eigenvalue weighted by atomic mass is 9.98. The monoisotopic (exact) mass is 341 g/mol. The van der Waals surface area contributed by atoms with Crippen LogP contribution in [-0.2, 0) is 6.42 Å². The van der Waals surface area contributed by atoms with E-state index in [0.29, 0.717) is 5.39 Å². The van der Waals surface area contributed by atoms with Gasteiger partial charge in [-0.25, -0.2) is 4.39 Å². The third-order valence-electron chi connectivity index (χ3n) is 4.71. The molecule has 0 fully saturated rings. The maximum atomic E-state index is 14.1. The number of pyridine rings is 1. The van der Waals surface area contributed by atoms with Crippen LogP contribution in [0.1, 0.15) is 18.9 Å². The number of hydrogen-bond donors (Lipinski definition) is 0. The van der Waals surface area contributed by atoms with Gasteiger partial charge in [0.25, 0.3) is 0 Å². The summed E-state index contributed by atoms with van der Waals surface area (Å²) in [6, 6.07) is 23.9. The first-order valence-electron chi connectivity index (χ1n) is 8.99. The van der Waals surface area contributed by atoms with Crippen molar-refractivity contribution >= 4 is 10.8 Å². The highest BCUT2D eigenvalue weighted by molar-refractivity contribution is 5.95. The Balaban J connectivity index is 1.78. The Morgan fingerprint density at radius 3 is 2.35 bits per heavy atom. The van der Waals surface area contributed by atoms with E-state index in [-0.39, 0.29) is 5.82 Å². The van der Waals surface area contributed by atoms with Gasteiger partial charge < -0.3 is 0 Å². The molecule has 0 aliphatic heterocycles. The second kappa shape index (κ2) is 7.09. The van der Waals surface area contributed by atoms with Gasteiger partial charge in [-0.2, -0.15) is 0 Å². The van der Waals surface area contributed by atoms with E-state index in [1.165, 1.54) is 17.2 Å². The maximum absolute atomic E-state index is 14.1. The largest absolute Gasteiger partial charge is 0.256 e. The molecule has 0 amide bonds. The third kappa shape index (κ3) is 3.11. The highest BCUT2D eigenvalue weighted by atomic mass is 19.1. The molecule has 26 heavy (non-hydrogen) atoms. The second-order valence-corrected chi connectivity index (χ2v) is 6.52. The van der Waals surface area contributed by atoms with E-state index in [0.717, 1.165) is 35.0 Å². The fourth-order valence-corrected chi connectivity index (χ4v) is 3.40. The predicted molar refractivity (Wildman–Crippen MR) is 107 cm³/mol. The molecule has 0 aliphatic carbocycles. The summed E-state index contributed by atoms with van der Waals surface area (Å²) in [4.78, 5) is 4.52. The van der Waals surface area contributed by atoms with Gasteiger partial charge in [-0.05, 0) is 41.3 Å². The van der Waals surface area contributed by atoms with Crippen LogP contribution in [0.2, 0.25) is 0 Å². The lowest BCUT2D eigenvalue weighted by Gasteiger charge is -2.09. The van der Waals surface area contributed by atoms with Crippen LogP contribution in [0.25, 0.3) is 33.2 Å². The van der Waals surface area contributed by atoms with Crippen molar-refractivity contribution in [3.8, 4) is 22.4 Å². The average Bonchev–Trinajstić information content (AvgIpc) is 2.69. The summed E-state index contributed by atoms with van der Waals surface area (Å²) in [7, 11) is 0. The summed E-state index contributed by atoms with van der Waals surface area (Å²) in [6.45, 7) is 2.19. The molecule has 0 bridgehead atoms. The number of rotatable bonds is 4. The Hall–Kier alpha value is -3.00. The highest BCUT2D eigenvalue weighted by Crippen LogP contribution is 2.31. The standard InChI is InChI=1S/C24H20FN/c1-2-5-17-10-12-18(13-11-17)19-6-3-7-20(16-19)24-22-8-4-9-23(25)21(22)14-15-26-24/h3-4,6-16H,2,5H2,1H3. The van der Waals surface area contributed by atoms with Crippen molar-refractivity contribution in [2.45, 2.75) is 19.8 Å². The van der Waals surface area contributed by atoms with Gasteiger partial charge >= 0.3 is 0 Å². The summed E-state index contributed by atoms with van der Waals surface area (Å²) < 4.78 is 14.1. The summed E-state index contributed by atoms with van der Waals surface area (Å²) in [5, 5.41) is 1.44. The first-order valence-corrected chi connectivity index (χ1v) is 8.99. The lowest BCUT2D eigenvalue weighted by Crippen LogP contribution is -1.89. The molecule has 2 heteroatoms. The molecule has 0 saturated heterocycles. The van der Waals surface area contributed by atoms with Crippen molar-refractivity contribution < 1.29 is 4.39 Å².